The molecule has 0 aromatic rings. The van der Waals surface area contributed by atoms with E-state index in [2.05, 4.69) is 20.4 Å². The van der Waals surface area contributed by atoms with Gasteiger partial charge in [0.2, 0.25) is 12.3 Å². The Hall–Kier alpha value is -2.69. The van der Waals surface area contributed by atoms with Gasteiger partial charge in [-0.2, -0.15) is 5.06 Å². The zero-order chi connectivity index (χ0) is 25.0. The highest BCUT2D eigenvalue weighted by Crippen LogP contribution is 2.32. The highest BCUT2D eigenvalue weighted by atomic mass is 16.7. The van der Waals surface area contributed by atoms with Crippen LogP contribution in [0.3, 0.4) is 0 Å². The van der Waals surface area contributed by atoms with Crippen molar-refractivity contribution >= 4 is 30.7 Å². The molecule has 0 unspecified atom stereocenters. The fourth-order valence-corrected chi connectivity index (χ4v) is 5.57. The molecule has 11 nitrogen and oxygen atoms in total. The molecule has 196 valence electrons. The second-order valence-corrected chi connectivity index (χ2v) is 9.83. The molecule has 3 rings (SSSR count). The molecule has 0 radical (unpaired) electrons. The molecule has 2 atom stereocenters. The van der Waals surface area contributed by atoms with E-state index in [1.54, 1.807) is 0 Å². The summed E-state index contributed by atoms with van der Waals surface area (Å²) in [7, 11) is 0. The van der Waals surface area contributed by atoms with Crippen LogP contribution in [0.25, 0.3) is 0 Å². The van der Waals surface area contributed by atoms with Crippen molar-refractivity contribution in [2.45, 2.75) is 70.3 Å². The lowest BCUT2D eigenvalue weighted by atomic mass is 9.91. The van der Waals surface area contributed by atoms with E-state index in [1.165, 1.54) is 24.2 Å². The molecule has 2 heterocycles. The number of amides is 5. The zero-order valence-electron chi connectivity index (χ0n) is 20.5. The van der Waals surface area contributed by atoms with E-state index in [9.17, 15) is 24.0 Å². The van der Waals surface area contributed by atoms with Gasteiger partial charge in [0.05, 0.1) is 12.5 Å². The quantitative estimate of drug-likeness (QED) is 0.307. The second-order valence-electron chi connectivity index (χ2n) is 9.83. The van der Waals surface area contributed by atoms with Gasteiger partial charge in [0.25, 0.3) is 5.91 Å². The van der Waals surface area contributed by atoms with E-state index >= 15 is 0 Å². The van der Waals surface area contributed by atoms with Crippen molar-refractivity contribution in [3.8, 4) is 0 Å². The number of imide groups is 1. The number of hydrogen-bond donors (Lipinski definition) is 2. The molecule has 35 heavy (non-hydrogen) atoms. The monoisotopic (exact) mass is 493 g/mol. The van der Waals surface area contributed by atoms with Gasteiger partial charge in [-0.1, -0.05) is 32.1 Å². The first-order valence-corrected chi connectivity index (χ1v) is 13.0. The van der Waals surface area contributed by atoms with Gasteiger partial charge < -0.3 is 20.0 Å². The number of urea groups is 1. The number of hydroxylamine groups is 2. The van der Waals surface area contributed by atoms with Crippen molar-refractivity contribution < 1.29 is 28.8 Å². The average molecular weight is 494 g/mol. The van der Waals surface area contributed by atoms with Gasteiger partial charge in [0.1, 0.15) is 6.04 Å². The van der Waals surface area contributed by atoms with Crippen molar-refractivity contribution in [1.82, 2.24) is 25.5 Å². The maximum absolute atomic E-state index is 13.5. The number of piperidine rings is 1. The Morgan fingerprint density at radius 3 is 2.40 bits per heavy atom. The van der Waals surface area contributed by atoms with Crippen molar-refractivity contribution in [1.29, 1.82) is 0 Å². The van der Waals surface area contributed by atoms with Crippen LogP contribution in [0.15, 0.2) is 0 Å². The summed E-state index contributed by atoms with van der Waals surface area (Å²) in [5.74, 6) is -0.979. The molecule has 0 aromatic heterocycles. The highest BCUT2D eigenvalue weighted by molar-refractivity contribution is 5.99. The third-order valence-electron chi connectivity index (χ3n) is 7.38. The van der Waals surface area contributed by atoms with E-state index in [1.807, 2.05) is 0 Å². The first-order valence-electron chi connectivity index (χ1n) is 13.0. The fourth-order valence-electron chi connectivity index (χ4n) is 5.57. The van der Waals surface area contributed by atoms with Crippen LogP contribution < -0.4 is 10.6 Å². The van der Waals surface area contributed by atoms with Crippen molar-refractivity contribution in [3.63, 3.8) is 0 Å². The Kier molecular flexibility index (Phi) is 10.8. The van der Waals surface area contributed by atoms with Crippen LogP contribution in [0.4, 0.5) is 4.79 Å². The largest absolute Gasteiger partial charge is 0.342 e. The van der Waals surface area contributed by atoms with E-state index in [0.29, 0.717) is 44.7 Å². The van der Waals surface area contributed by atoms with Crippen LogP contribution in [0.1, 0.15) is 64.2 Å². The molecule has 0 aromatic carbocycles. The molecule has 0 spiro atoms. The Morgan fingerprint density at radius 1 is 0.971 bits per heavy atom. The number of carbonyl (C=O) groups excluding carboxylic acids is 5. The Labute approximate surface area is 206 Å². The summed E-state index contributed by atoms with van der Waals surface area (Å²) in [4.78, 5) is 69.2. The number of hydrogen-bond acceptors (Lipinski definition) is 7. The van der Waals surface area contributed by atoms with Gasteiger partial charge in [-0.3, -0.25) is 24.5 Å². The molecule has 11 heteroatoms. The maximum atomic E-state index is 13.5. The SMILES string of the molecule is O=CON(C=O)C[C@@H](CC1CCCC1)C(=O)N1CCC[C@H]1C(=O)NC(=O)NCCN1CCCCC1. The minimum Gasteiger partial charge on any atom is -0.342 e. The van der Waals surface area contributed by atoms with Crippen LogP contribution in [-0.4, -0.2) is 90.9 Å². The lowest BCUT2D eigenvalue weighted by Crippen LogP contribution is -2.52. The number of likely N-dealkylation sites (tertiary alicyclic amines) is 2. The molecule has 1 saturated carbocycles. The van der Waals surface area contributed by atoms with Crippen LogP contribution in [-0.2, 0) is 24.0 Å². The van der Waals surface area contributed by atoms with Crippen molar-refractivity contribution in [2.75, 3.05) is 39.3 Å². The lowest BCUT2D eigenvalue weighted by Gasteiger charge is -2.30. The predicted molar refractivity (Wildman–Crippen MR) is 127 cm³/mol. The molecule has 5 amide bonds. The van der Waals surface area contributed by atoms with Crippen LogP contribution in [0, 0.1) is 11.8 Å². The Morgan fingerprint density at radius 2 is 1.71 bits per heavy atom. The normalized spacial score (nSPS) is 21.8. The molecule has 0 bridgehead atoms. The molecular weight excluding hydrogens is 454 g/mol. The van der Waals surface area contributed by atoms with Gasteiger partial charge >= 0.3 is 12.5 Å². The topological polar surface area (TPSA) is 128 Å². The Balaban J connectivity index is 1.54. The lowest BCUT2D eigenvalue weighted by molar-refractivity contribution is -0.181. The van der Waals surface area contributed by atoms with Gasteiger partial charge in [-0.25, -0.2) is 4.79 Å². The van der Waals surface area contributed by atoms with Gasteiger partial charge in [0, 0.05) is 19.6 Å². The predicted octanol–water partition coefficient (Wildman–Crippen LogP) is 1.03. The standard InChI is InChI=1S/C24H39N5O6/c30-17-28(35-18-31)16-20(15-19-7-2-3-8-19)23(33)29-13-6-9-21(29)22(32)26-24(34)25-10-14-27-11-4-1-5-12-27/h17-21H,1-16H2,(H2,25,26,32,34)/t20-,21+/m1/s1. The van der Waals surface area contributed by atoms with E-state index in [4.69, 9.17) is 0 Å². The Bertz CT molecular complexity index is 738. The summed E-state index contributed by atoms with van der Waals surface area (Å²) in [5, 5.41) is 5.95. The van der Waals surface area contributed by atoms with Crippen LogP contribution >= 0.6 is 0 Å². The summed E-state index contributed by atoms with van der Waals surface area (Å²) in [6.45, 7) is 3.76. The molecular formula is C24H39N5O6. The van der Waals surface area contributed by atoms with Crippen molar-refractivity contribution in [2.24, 2.45) is 11.8 Å². The summed E-state index contributed by atoms with van der Waals surface area (Å²) >= 11 is 0. The molecule has 1 aliphatic carbocycles. The smallest absolute Gasteiger partial charge is 0.321 e. The number of carbonyl (C=O) groups is 5. The van der Waals surface area contributed by atoms with Gasteiger partial charge in [-0.15, -0.1) is 0 Å². The van der Waals surface area contributed by atoms with Crippen LogP contribution in [0.5, 0.6) is 0 Å². The van der Waals surface area contributed by atoms with Crippen molar-refractivity contribution in [3.05, 3.63) is 0 Å². The second kappa shape index (κ2) is 14.0. The molecule has 2 aliphatic heterocycles. The number of nitrogens with zero attached hydrogens (tertiary/aromatic N) is 3. The molecule has 2 saturated heterocycles. The molecule has 2 N–H and O–H groups in total. The average Bonchev–Trinajstić information content (AvgIpc) is 3.56. The third kappa shape index (κ3) is 8.19. The summed E-state index contributed by atoms with van der Waals surface area (Å²) in [6, 6.07) is -1.29. The summed E-state index contributed by atoms with van der Waals surface area (Å²) in [6.07, 6.45) is 9.89. The van der Waals surface area contributed by atoms with E-state index in [0.717, 1.165) is 50.4 Å². The highest BCUT2D eigenvalue weighted by Gasteiger charge is 2.39. The van der Waals surface area contributed by atoms with Crippen LogP contribution in [0.2, 0.25) is 0 Å². The fraction of sp³-hybridized carbons (Fsp3) is 0.792. The van der Waals surface area contributed by atoms with E-state index < -0.39 is 23.9 Å². The summed E-state index contributed by atoms with van der Waals surface area (Å²) < 4.78 is 0. The zero-order valence-corrected chi connectivity index (χ0v) is 20.5. The first kappa shape index (κ1) is 26.9. The van der Waals surface area contributed by atoms with E-state index in [-0.39, 0.29) is 18.9 Å². The third-order valence-corrected chi connectivity index (χ3v) is 7.38. The number of nitrogens with one attached hydrogen (secondary N) is 2. The van der Waals surface area contributed by atoms with Gasteiger partial charge in [-0.05, 0) is 51.1 Å². The maximum Gasteiger partial charge on any atom is 0.321 e. The first-order chi connectivity index (χ1) is 17.0. The minimum atomic E-state index is -0.738. The summed E-state index contributed by atoms with van der Waals surface area (Å²) in [5.41, 5.74) is 0. The minimum absolute atomic E-state index is 0.0562. The number of rotatable bonds is 12. The molecule has 3 fully saturated rings. The van der Waals surface area contributed by atoms with Gasteiger partial charge in [0.15, 0.2) is 0 Å². The molecule has 3 aliphatic rings.